The van der Waals surface area contributed by atoms with Crippen LogP contribution in [0, 0.1) is 0 Å². The van der Waals surface area contributed by atoms with Gasteiger partial charge in [0, 0.05) is 17.5 Å². The Bertz CT molecular complexity index is 583. The Morgan fingerprint density at radius 1 is 1.16 bits per heavy atom. The molecule has 1 atom stereocenters. The predicted molar refractivity (Wildman–Crippen MR) is 78.0 cm³/mol. The lowest BCUT2D eigenvalue weighted by Gasteiger charge is -2.19. The van der Waals surface area contributed by atoms with Gasteiger partial charge in [0.2, 0.25) is 0 Å². The summed E-state index contributed by atoms with van der Waals surface area (Å²) in [5.41, 5.74) is 3.54. The van der Waals surface area contributed by atoms with Crippen molar-refractivity contribution < 1.29 is 5.11 Å². The van der Waals surface area contributed by atoms with Gasteiger partial charge in [-0.1, -0.05) is 41.9 Å². The standard InChI is InChI=1S/C16H16ClNO/c17-16-9-12(19)8-14-13(16)6-7-18-10-15(14)11-4-2-1-3-5-11/h1-5,8-9,15,18-19H,6-7,10H2. The molecule has 1 aliphatic heterocycles. The number of benzene rings is 2. The number of phenols is 1. The van der Waals surface area contributed by atoms with Crippen LogP contribution in [0.1, 0.15) is 22.6 Å². The van der Waals surface area contributed by atoms with Crippen molar-refractivity contribution in [2.75, 3.05) is 13.1 Å². The summed E-state index contributed by atoms with van der Waals surface area (Å²) in [6.45, 7) is 1.79. The van der Waals surface area contributed by atoms with Crippen LogP contribution in [0.3, 0.4) is 0 Å². The van der Waals surface area contributed by atoms with E-state index in [0.717, 1.165) is 30.6 Å². The van der Waals surface area contributed by atoms with Crippen molar-refractivity contribution in [2.45, 2.75) is 12.3 Å². The van der Waals surface area contributed by atoms with Crippen LogP contribution in [0.5, 0.6) is 5.75 Å². The Labute approximate surface area is 118 Å². The van der Waals surface area contributed by atoms with Gasteiger partial charge < -0.3 is 10.4 Å². The molecule has 0 saturated carbocycles. The van der Waals surface area contributed by atoms with E-state index in [-0.39, 0.29) is 11.7 Å². The van der Waals surface area contributed by atoms with Crippen molar-refractivity contribution in [3.05, 3.63) is 64.2 Å². The van der Waals surface area contributed by atoms with Crippen molar-refractivity contribution in [2.24, 2.45) is 0 Å². The predicted octanol–water partition coefficient (Wildman–Crippen LogP) is 3.32. The number of aromatic hydroxyl groups is 1. The Kier molecular flexibility index (Phi) is 3.45. The summed E-state index contributed by atoms with van der Waals surface area (Å²) in [5, 5.41) is 13.9. The quantitative estimate of drug-likeness (QED) is 0.835. The van der Waals surface area contributed by atoms with Gasteiger partial charge in [-0.05, 0) is 41.8 Å². The fourth-order valence-corrected chi connectivity index (χ4v) is 3.09. The normalized spacial score (nSPS) is 18.7. The van der Waals surface area contributed by atoms with Gasteiger partial charge in [-0.15, -0.1) is 0 Å². The molecule has 0 amide bonds. The average molecular weight is 274 g/mol. The highest BCUT2D eigenvalue weighted by atomic mass is 35.5. The lowest BCUT2D eigenvalue weighted by atomic mass is 9.88. The van der Waals surface area contributed by atoms with Gasteiger partial charge in [0.15, 0.2) is 0 Å². The summed E-state index contributed by atoms with van der Waals surface area (Å²) < 4.78 is 0. The molecule has 0 spiro atoms. The van der Waals surface area contributed by atoms with E-state index in [2.05, 4.69) is 17.4 Å². The first kappa shape index (κ1) is 12.5. The third-order valence-corrected chi connectivity index (χ3v) is 4.03. The number of nitrogens with one attached hydrogen (secondary N) is 1. The van der Waals surface area contributed by atoms with Gasteiger partial charge in [-0.25, -0.2) is 0 Å². The van der Waals surface area contributed by atoms with Gasteiger partial charge >= 0.3 is 0 Å². The van der Waals surface area contributed by atoms with Gasteiger partial charge in [0.25, 0.3) is 0 Å². The maximum atomic E-state index is 9.82. The molecule has 3 rings (SSSR count). The van der Waals surface area contributed by atoms with Crippen LogP contribution in [0.2, 0.25) is 5.02 Å². The molecule has 2 nitrogen and oxygen atoms in total. The summed E-state index contributed by atoms with van der Waals surface area (Å²) >= 11 is 6.28. The summed E-state index contributed by atoms with van der Waals surface area (Å²) in [4.78, 5) is 0. The van der Waals surface area contributed by atoms with Crippen molar-refractivity contribution in [3.8, 4) is 5.75 Å². The largest absolute Gasteiger partial charge is 0.508 e. The number of halogens is 1. The van der Waals surface area contributed by atoms with Gasteiger partial charge in [-0.2, -0.15) is 0 Å². The first-order valence-electron chi connectivity index (χ1n) is 6.52. The molecule has 3 heteroatoms. The maximum absolute atomic E-state index is 9.82. The fourth-order valence-electron chi connectivity index (χ4n) is 2.77. The second kappa shape index (κ2) is 5.24. The molecule has 2 aromatic rings. The molecule has 1 aliphatic rings. The highest BCUT2D eigenvalue weighted by molar-refractivity contribution is 6.31. The number of hydrogen-bond donors (Lipinski definition) is 2. The van der Waals surface area contributed by atoms with Crippen molar-refractivity contribution in [1.29, 1.82) is 0 Å². The van der Waals surface area contributed by atoms with E-state index in [9.17, 15) is 5.11 Å². The molecule has 0 bridgehead atoms. The van der Waals surface area contributed by atoms with Gasteiger partial charge in [0.1, 0.15) is 5.75 Å². The molecular formula is C16H16ClNO. The van der Waals surface area contributed by atoms with E-state index in [4.69, 9.17) is 11.6 Å². The van der Waals surface area contributed by atoms with Crippen LogP contribution in [0.15, 0.2) is 42.5 Å². The Morgan fingerprint density at radius 2 is 1.95 bits per heavy atom. The van der Waals surface area contributed by atoms with Crippen molar-refractivity contribution in [3.63, 3.8) is 0 Å². The smallest absolute Gasteiger partial charge is 0.117 e. The number of rotatable bonds is 1. The van der Waals surface area contributed by atoms with E-state index in [0.29, 0.717) is 5.02 Å². The molecule has 0 fully saturated rings. The highest BCUT2D eigenvalue weighted by Gasteiger charge is 2.22. The molecule has 0 aromatic heterocycles. The van der Waals surface area contributed by atoms with Crippen LogP contribution in [0.4, 0.5) is 0 Å². The van der Waals surface area contributed by atoms with Crippen molar-refractivity contribution >= 4 is 11.6 Å². The van der Waals surface area contributed by atoms with Crippen LogP contribution in [-0.2, 0) is 6.42 Å². The molecule has 2 N–H and O–H groups in total. The van der Waals surface area contributed by atoms with E-state index in [1.54, 1.807) is 6.07 Å². The number of phenolic OH excluding ortho intramolecular Hbond substituents is 1. The summed E-state index contributed by atoms with van der Waals surface area (Å²) in [7, 11) is 0. The minimum Gasteiger partial charge on any atom is -0.508 e. The third kappa shape index (κ3) is 2.46. The SMILES string of the molecule is Oc1cc(Cl)c2c(c1)C(c1ccccc1)CNCC2. The zero-order valence-corrected chi connectivity index (χ0v) is 11.3. The second-order valence-electron chi connectivity index (χ2n) is 4.91. The molecule has 1 heterocycles. The summed E-state index contributed by atoms with van der Waals surface area (Å²) in [6.07, 6.45) is 0.901. The van der Waals surface area contributed by atoms with Gasteiger partial charge in [0.05, 0.1) is 0 Å². The lowest BCUT2D eigenvalue weighted by molar-refractivity contribution is 0.474. The molecule has 0 aliphatic carbocycles. The zero-order valence-electron chi connectivity index (χ0n) is 10.6. The summed E-state index contributed by atoms with van der Waals surface area (Å²) in [5.74, 6) is 0.481. The second-order valence-corrected chi connectivity index (χ2v) is 5.32. The number of fused-ring (bicyclic) bond motifs is 1. The minimum atomic E-state index is 0.239. The molecule has 19 heavy (non-hydrogen) atoms. The maximum Gasteiger partial charge on any atom is 0.117 e. The monoisotopic (exact) mass is 273 g/mol. The average Bonchev–Trinajstić information content (AvgIpc) is 2.62. The molecule has 0 radical (unpaired) electrons. The molecule has 0 saturated heterocycles. The van der Waals surface area contributed by atoms with Crippen LogP contribution in [0.25, 0.3) is 0 Å². The third-order valence-electron chi connectivity index (χ3n) is 3.69. The van der Waals surface area contributed by atoms with Gasteiger partial charge in [-0.3, -0.25) is 0 Å². The molecular weight excluding hydrogens is 258 g/mol. The first-order chi connectivity index (χ1) is 9.25. The lowest BCUT2D eigenvalue weighted by Crippen LogP contribution is -2.20. The molecule has 98 valence electrons. The zero-order chi connectivity index (χ0) is 13.2. The first-order valence-corrected chi connectivity index (χ1v) is 6.90. The Morgan fingerprint density at radius 3 is 2.74 bits per heavy atom. The fraction of sp³-hybridized carbons (Fsp3) is 0.250. The van der Waals surface area contributed by atoms with E-state index >= 15 is 0 Å². The van der Waals surface area contributed by atoms with E-state index in [1.165, 1.54) is 5.56 Å². The highest BCUT2D eigenvalue weighted by Crippen LogP contribution is 2.35. The topological polar surface area (TPSA) is 32.3 Å². The summed E-state index contributed by atoms with van der Waals surface area (Å²) in [6, 6.07) is 13.8. The van der Waals surface area contributed by atoms with Crippen LogP contribution >= 0.6 is 11.6 Å². The van der Waals surface area contributed by atoms with E-state index in [1.807, 2.05) is 24.3 Å². The Balaban J connectivity index is 2.13. The molecule has 1 unspecified atom stereocenters. The minimum absolute atomic E-state index is 0.239. The van der Waals surface area contributed by atoms with Crippen molar-refractivity contribution in [1.82, 2.24) is 5.32 Å². The number of hydrogen-bond acceptors (Lipinski definition) is 2. The van der Waals surface area contributed by atoms with Crippen LogP contribution in [-0.4, -0.2) is 18.2 Å². The van der Waals surface area contributed by atoms with E-state index < -0.39 is 0 Å². The van der Waals surface area contributed by atoms with Crippen LogP contribution < -0.4 is 5.32 Å². The Hall–Kier alpha value is -1.51. The molecule has 2 aromatic carbocycles.